The van der Waals surface area contributed by atoms with Crippen LogP contribution < -0.4 is 11.1 Å². The van der Waals surface area contributed by atoms with Crippen molar-refractivity contribution in [3.05, 3.63) is 71.6 Å². The third-order valence-electron chi connectivity index (χ3n) is 3.87. The Morgan fingerprint density at radius 2 is 1.96 bits per heavy atom. The Morgan fingerprint density at radius 1 is 1.19 bits per heavy atom. The van der Waals surface area contributed by atoms with Crippen molar-refractivity contribution in [1.29, 1.82) is 0 Å². The van der Waals surface area contributed by atoms with Crippen molar-refractivity contribution in [2.45, 2.75) is 26.8 Å². The molecule has 3 aromatic rings. The van der Waals surface area contributed by atoms with Gasteiger partial charge in [-0.3, -0.25) is 0 Å². The van der Waals surface area contributed by atoms with Gasteiger partial charge in [-0.15, -0.1) is 24.0 Å². The lowest BCUT2D eigenvalue weighted by Gasteiger charge is -2.06. The number of nitrogens with two attached hydrogens (primary N) is 1. The third-order valence-corrected chi connectivity index (χ3v) is 3.87. The van der Waals surface area contributed by atoms with Gasteiger partial charge in [0.1, 0.15) is 12.0 Å². The van der Waals surface area contributed by atoms with Gasteiger partial charge in [0.2, 0.25) is 5.89 Å². The number of anilines is 1. The number of rotatable bonds is 5. The Balaban J connectivity index is 0.00000243. The molecule has 0 radical (unpaired) electrons. The number of guanidine groups is 1. The highest BCUT2D eigenvalue weighted by atomic mass is 127. The van der Waals surface area contributed by atoms with Gasteiger partial charge >= 0.3 is 0 Å². The Bertz CT molecular complexity index is 872. The molecule has 0 aliphatic heterocycles. The number of aryl methyl sites for hydroxylation is 2. The molecule has 6 heteroatoms. The third kappa shape index (κ3) is 5.32. The minimum absolute atomic E-state index is 0. The predicted molar refractivity (Wildman–Crippen MR) is 117 cm³/mol. The molecule has 0 fully saturated rings. The zero-order valence-electron chi connectivity index (χ0n) is 14.9. The molecule has 0 saturated heterocycles. The average Bonchev–Trinajstić information content (AvgIpc) is 3.10. The lowest BCUT2D eigenvalue weighted by molar-refractivity contribution is 0.572. The minimum atomic E-state index is 0. The molecule has 3 rings (SSSR count). The van der Waals surface area contributed by atoms with E-state index in [4.69, 9.17) is 10.2 Å². The minimum Gasteiger partial charge on any atom is -0.444 e. The second-order valence-electron chi connectivity index (χ2n) is 5.89. The fraction of sp³-hybridized carbons (Fsp3) is 0.200. The number of aliphatic imine (C=N–C) groups is 1. The first-order chi connectivity index (χ1) is 12.1. The quantitative estimate of drug-likeness (QED) is 0.326. The molecule has 0 amide bonds. The second kappa shape index (κ2) is 9.38. The highest BCUT2D eigenvalue weighted by molar-refractivity contribution is 14.0. The van der Waals surface area contributed by atoms with Crippen molar-refractivity contribution in [2.75, 3.05) is 5.32 Å². The summed E-state index contributed by atoms with van der Waals surface area (Å²) in [5, 5.41) is 3.10. The molecule has 0 aliphatic rings. The summed E-state index contributed by atoms with van der Waals surface area (Å²) in [7, 11) is 0. The topological polar surface area (TPSA) is 76.4 Å². The van der Waals surface area contributed by atoms with Gasteiger partial charge in [-0.05, 0) is 43.2 Å². The molecule has 0 atom stereocenters. The van der Waals surface area contributed by atoms with Gasteiger partial charge in [-0.1, -0.05) is 36.8 Å². The van der Waals surface area contributed by atoms with Gasteiger partial charge in [-0.25, -0.2) is 9.98 Å². The van der Waals surface area contributed by atoms with Gasteiger partial charge in [0.15, 0.2) is 5.96 Å². The number of oxazole rings is 1. The first kappa shape index (κ1) is 20.0. The molecule has 1 aromatic heterocycles. The molecule has 0 saturated carbocycles. The van der Waals surface area contributed by atoms with Crippen LogP contribution in [-0.2, 0) is 13.0 Å². The summed E-state index contributed by atoms with van der Waals surface area (Å²) in [5.41, 5.74) is 11.0. The van der Waals surface area contributed by atoms with Crippen molar-refractivity contribution in [3.63, 3.8) is 0 Å². The Kier molecular flexibility index (Phi) is 7.20. The number of halogens is 1. The Morgan fingerprint density at radius 3 is 2.69 bits per heavy atom. The van der Waals surface area contributed by atoms with Crippen molar-refractivity contribution in [1.82, 2.24) is 4.98 Å². The van der Waals surface area contributed by atoms with Gasteiger partial charge in [0, 0.05) is 11.3 Å². The van der Waals surface area contributed by atoms with Gasteiger partial charge in [0.05, 0.1) is 6.54 Å². The summed E-state index contributed by atoms with van der Waals surface area (Å²) in [6.07, 6.45) is 2.59. The molecule has 2 aromatic carbocycles. The van der Waals surface area contributed by atoms with E-state index in [0.717, 1.165) is 23.4 Å². The zero-order valence-corrected chi connectivity index (χ0v) is 17.2. The van der Waals surface area contributed by atoms with E-state index < -0.39 is 0 Å². The van der Waals surface area contributed by atoms with Crippen molar-refractivity contribution >= 4 is 35.6 Å². The number of benzene rings is 2. The smallest absolute Gasteiger partial charge is 0.226 e. The van der Waals surface area contributed by atoms with E-state index in [2.05, 4.69) is 34.3 Å². The highest BCUT2D eigenvalue weighted by Gasteiger charge is 2.06. The number of hydrogen-bond acceptors (Lipinski definition) is 3. The number of hydrogen-bond donors (Lipinski definition) is 2. The molecule has 0 bridgehead atoms. The maximum Gasteiger partial charge on any atom is 0.226 e. The number of nitrogens with zero attached hydrogens (tertiary/aromatic N) is 2. The van der Waals surface area contributed by atoms with Crippen LogP contribution in [-0.4, -0.2) is 10.9 Å². The van der Waals surface area contributed by atoms with Crippen LogP contribution in [0.3, 0.4) is 0 Å². The predicted octanol–water partition coefficient (Wildman–Crippen LogP) is 4.76. The maximum atomic E-state index is 5.96. The summed E-state index contributed by atoms with van der Waals surface area (Å²) in [6, 6.07) is 16.2. The maximum absolute atomic E-state index is 5.96. The summed E-state index contributed by atoms with van der Waals surface area (Å²) in [4.78, 5) is 8.79. The SMILES string of the molecule is CCc1cccc(NC(N)=NCc2coc(-c3ccc(C)cc3)n2)c1.I. The molecule has 3 N–H and O–H groups in total. The summed E-state index contributed by atoms with van der Waals surface area (Å²) < 4.78 is 5.53. The van der Waals surface area contributed by atoms with Crippen LogP contribution in [0.25, 0.3) is 11.5 Å². The van der Waals surface area contributed by atoms with E-state index in [1.54, 1.807) is 6.26 Å². The van der Waals surface area contributed by atoms with E-state index in [-0.39, 0.29) is 24.0 Å². The van der Waals surface area contributed by atoms with Gasteiger partial charge in [-0.2, -0.15) is 0 Å². The lowest BCUT2D eigenvalue weighted by Crippen LogP contribution is -2.22. The molecular formula is C20H23IN4O. The van der Waals surface area contributed by atoms with Crippen molar-refractivity contribution in [2.24, 2.45) is 10.7 Å². The molecule has 5 nitrogen and oxygen atoms in total. The van der Waals surface area contributed by atoms with E-state index in [1.165, 1.54) is 11.1 Å². The van der Waals surface area contributed by atoms with Crippen LogP contribution in [0.2, 0.25) is 0 Å². The molecular weight excluding hydrogens is 439 g/mol. The van der Waals surface area contributed by atoms with E-state index in [0.29, 0.717) is 18.4 Å². The fourth-order valence-corrected chi connectivity index (χ4v) is 2.43. The summed E-state index contributed by atoms with van der Waals surface area (Å²) >= 11 is 0. The average molecular weight is 462 g/mol. The van der Waals surface area contributed by atoms with Crippen LogP contribution in [0, 0.1) is 6.92 Å². The summed E-state index contributed by atoms with van der Waals surface area (Å²) in [6.45, 7) is 4.53. The largest absolute Gasteiger partial charge is 0.444 e. The van der Waals surface area contributed by atoms with Crippen molar-refractivity contribution in [3.8, 4) is 11.5 Å². The van der Waals surface area contributed by atoms with Crippen LogP contribution in [0.5, 0.6) is 0 Å². The highest BCUT2D eigenvalue weighted by Crippen LogP contribution is 2.19. The van der Waals surface area contributed by atoms with Crippen LogP contribution in [0.4, 0.5) is 5.69 Å². The first-order valence-electron chi connectivity index (χ1n) is 8.31. The molecule has 1 heterocycles. The lowest BCUT2D eigenvalue weighted by atomic mass is 10.1. The van der Waals surface area contributed by atoms with Crippen LogP contribution in [0.15, 0.2) is 64.2 Å². The Labute approximate surface area is 170 Å². The van der Waals surface area contributed by atoms with E-state index >= 15 is 0 Å². The second-order valence-corrected chi connectivity index (χ2v) is 5.89. The zero-order chi connectivity index (χ0) is 17.6. The summed E-state index contributed by atoms with van der Waals surface area (Å²) in [5.74, 6) is 0.945. The van der Waals surface area contributed by atoms with Crippen molar-refractivity contribution < 1.29 is 4.42 Å². The number of aromatic nitrogens is 1. The van der Waals surface area contributed by atoms with E-state index in [9.17, 15) is 0 Å². The molecule has 26 heavy (non-hydrogen) atoms. The molecule has 0 aliphatic carbocycles. The fourth-order valence-electron chi connectivity index (χ4n) is 2.43. The van der Waals surface area contributed by atoms with Crippen LogP contribution in [0.1, 0.15) is 23.7 Å². The monoisotopic (exact) mass is 462 g/mol. The van der Waals surface area contributed by atoms with E-state index in [1.807, 2.05) is 43.3 Å². The normalized spacial score (nSPS) is 11.1. The number of nitrogens with one attached hydrogen (secondary N) is 1. The molecule has 136 valence electrons. The van der Waals surface area contributed by atoms with Gasteiger partial charge in [0.25, 0.3) is 0 Å². The molecule has 0 unspecified atom stereocenters. The van der Waals surface area contributed by atoms with Gasteiger partial charge < -0.3 is 15.5 Å². The molecule has 0 spiro atoms. The standard InChI is InChI=1S/C20H22N4O.HI/c1-3-15-5-4-6-17(11-15)24-20(21)22-12-18-13-25-19(23-18)16-9-7-14(2)8-10-16;/h4-11,13H,3,12H2,1-2H3,(H3,21,22,24);1H. The van der Waals surface area contributed by atoms with Crippen LogP contribution >= 0.6 is 24.0 Å². The Hall–Kier alpha value is -2.35. The first-order valence-corrected chi connectivity index (χ1v) is 8.31.